The second kappa shape index (κ2) is 8.34. The summed E-state index contributed by atoms with van der Waals surface area (Å²) in [5.74, 6) is 0.266. The molecule has 0 unspecified atom stereocenters. The van der Waals surface area contributed by atoms with Gasteiger partial charge in [-0.1, -0.05) is 25.7 Å². The van der Waals surface area contributed by atoms with Gasteiger partial charge in [-0.3, -0.25) is 4.79 Å². The Labute approximate surface area is 138 Å². The minimum atomic E-state index is -3.44. The summed E-state index contributed by atoms with van der Waals surface area (Å²) in [5, 5.41) is 2.98. The van der Waals surface area contributed by atoms with Gasteiger partial charge in [-0.25, -0.2) is 8.42 Å². The van der Waals surface area contributed by atoms with E-state index in [1.165, 1.54) is 32.1 Å². The van der Waals surface area contributed by atoms with Gasteiger partial charge in [0.25, 0.3) is 0 Å². The standard InChI is InChI=1S/C17H25NO4S/c1-22-15-8-10-16(11-9-15)23(20,21)13-12-17(19)18-14-6-4-2-3-5-7-14/h8-11,14H,2-7,12-13H2,1H3,(H,18,19). The van der Waals surface area contributed by atoms with Crippen molar-refractivity contribution >= 4 is 15.7 Å². The van der Waals surface area contributed by atoms with E-state index in [1.54, 1.807) is 12.1 Å². The van der Waals surface area contributed by atoms with Crippen molar-refractivity contribution < 1.29 is 17.9 Å². The van der Waals surface area contributed by atoms with Gasteiger partial charge in [-0.05, 0) is 37.1 Å². The molecule has 128 valence electrons. The Kier molecular flexibility index (Phi) is 6.45. The molecule has 0 radical (unpaired) electrons. The predicted molar refractivity (Wildman–Crippen MR) is 89.3 cm³/mol. The fourth-order valence-corrected chi connectivity index (χ4v) is 4.09. The molecule has 2 rings (SSSR count). The van der Waals surface area contributed by atoms with Crippen molar-refractivity contribution in [1.29, 1.82) is 0 Å². The summed E-state index contributed by atoms with van der Waals surface area (Å²) < 4.78 is 29.5. The van der Waals surface area contributed by atoms with Crippen LogP contribution in [-0.4, -0.2) is 33.2 Å². The van der Waals surface area contributed by atoms with E-state index in [4.69, 9.17) is 4.74 Å². The molecule has 0 bridgehead atoms. The Bertz CT molecular complexity index is 602. The monoisotopic (exact) mass is 339 g/mol. The molecule has 1 aliphatic carbocycles. The van der Waals surface area contributed by atoms with Gasteiger partial charge in [0, 0.05) is 12.5 Å². The van der Waals surface area contributed by atoms with Crippen molar-refractivity contribution in [3.05, 3.63) is 24.3 Å². The van der Waals surface area contributed by atoms with Gasteiger partial charge in [0.2, 0.25) is 5.91 Å². The maximum Gasteiger partial charge on any atom is 0.221 e. The zero-order valence-electron chi connectivity index (χ0n) is 13.6. The highest BCUT2D eigenvalue weighted by Gasteiger charge is 2.19. The summed E-state index contributed by atoms with van der Waals surface area (Å²) in [5.41, 5.74) is 0. The molecule has 1 fully saturated rings. The molecule has 1 aliphatic rings. The van der Waals surface area contributed by atoms with E-state index >= 15 is 0 Å². The molecule has 0 aromatic heterocycles. The van der Waals surface area contributed by atoms with Crippen molar-refractivity contribution in [3.8, 4) is 5.75 Å². The van der Waals surface area contributed by atoms with Gasteiger partial charge >= 0.3 is 0 Å². The largest absolute Gasteiger partial charge is 0.497 e. The second-order valence-electron chi connectivity index (χ2n) is 6.00. The Morgan fingerprint density at radius 2 is 1.74 bits per heavy atom. The van der Waals surface area contributed by atoms with Gasteiger partial charge in [0.1, 0.15) is 5.75 Å². The van der Waals surface area contributed by atoms with E-state index in [9.17, 15) is 13.2 Å². The molecule has 5 nitrogen and oxygen atoms in total. The summed E-state index contributed by atoms with van der Waals surface area (Å²) in [6.45, 7) is 0. The molecular weight excluding hydrogens is 314 g/mol. The second-order valence-corrected chi connectivity index (χ2v) is 8.11. The van der Waals surface area contributed by atoms with E-state index in [0.717, 1.165) is 25.7 Å². The third kappa shape index (κ3) is 5.53. The summed E-state index contributed by atoms with van der Waals surface area (Å²) >= 11 is 0. The van der Waals surface area contributed by atoms with Crippen LogP contribution in [0.4, 0.5) is 0 Å². The van der Waals surface area contributed by atoms with Crippen LogP contribution in [0.1, 0.15) is 44.9 Å². The van der Waals surface area contributed by atoms with Crippen LogP contribution < -0.4 is 10.1 Å². The first kappa shape index (κ1) is 17.8. The highest BCUT2D eigenvalue weighted by atomic mass is 32.2. The highest BCUT2D eigenvalue weighted by Crippen LogP contribution is 2.19. The molecule has 1 aromatic rings. The number of methoxy groups -OCH3 is 1. The molecule has 0 saturated heterocycles. The Hall–Kier alpha value is -1.56. The topological polar surface area (TPSA) is 72.5 Å². The van der Waals surface area contributed by atoms with Gasteiger partial charge in [-0.15, -0.1) is 0 Å². The number of carbonyl (C=O) groups excluding carboxylic acids is 1. The first-order valence-electron chi connectivity index (χ1n) is 8.17. The van der Waals surface area contributed by atoms with Crippen molar-refractivity contribution in [2.45, 2.75) is 55.9 Å². The first-order chi connectivity index (χ1) is 11.0. The quantitative estimate of drug-likeness (QED) is 0.809. The van der Waals surface area contributed by atoms with E-state index in [0.29, 0.717) is 5.75 Å². The number of ether oxygens (including phenoxy) is 1. The number of sulfone groups is 1. The normalized spacial score (nSPS) is 16.6. The molecule has 1 aromatic carbocycles. The van der Waals surface area contributed by atoms with Gasteiger partial charge in [-0.2, -0.15) is 0 Å². The maximum absolute atomic E-state index is 12.3. The van der Waals surface area contributed by atoms with Crippen molar-refractivity contribution in [2.75, 3.05) is 12.9 Å². The summed E-state index contributed by atoms with van der Waals surface area (Å²) in [4.78, 5) is 12.2. The number of hydrogen-bond donors (Lipinski definition) is 1. The third-order valence-corrected chi connectivity index (χ3v) is 5.97. The maximum atomic E-state index is 12.3. The van der Waals surface area contributed by atoms with Crippen LogP contribution in [0.25, 0.3) is 0 Å². The zero-order valence-corrected chi connectivity index (χ0v) is 14.4. The van der Waals surface area contributed by atoms with Gasteiger partial charge in [0.05, 0.1) is 17.8 Å². The zero-order chi connectivity index (χ0) is 16.7. The van der Waals surface area contributed by atoms with Crippen LogP contribution in [0.5, 0.6) is 5.75 Å². The van der Waals surface area contributed by atoms with Crippen LogP contribution in [0.2, 0.25) is 0 Å². The molecule has 6 heteroatoms. The molecule has 23 heavy (non-hydrogen) atoms. The van der Waals surface area contributed by atoms with Crippen molar-refractivity contribution in [3.63, 3.8) is 0 Å². The number of benzene rings is 1. The molecule has 1 N–H and O–H groups in total. The SMILES string of the molecule is COc1ccc(S(=O)(=O)CCC(=O)NC2CCCCCC2)cc1. The van der Waals surface area contributed by atoms with Crippen LogP contribution in [-0.2, 0) is 14.6 Å². The lowest BCUT2D eigenvalue weighted by atomic mass is 10.1. The van der Waals surface area contributed by atoms with Crippen LogP contribution >= 0.6 is 0 Å². The van der Waals surface area contributed by atoms with E-state index in [1.807, 2.05) is 0 Å². The lowest BCUT2D eigenvalue weighted by molar-refractivity contribution is -0.121. The molecule has 0 atom stereocenters. The summed E-state index contributed by atoms with van der Waals surface area (Å²) in [6, 6.07) is 6.44. The molecule has 0 spiro atoms. The molecular formula is C17H25NO4S. The van der Waals surface area contributed by atoms with E-state index < -0.39 is 9.84 Å². The minimum absolute atomic E-state index is 0.00482. The predicted octanol–water partition coefficient (Wildman–Crippen LogP) is 2.70. The van der Waals surface area contributed by atoms with Gasteiger partial charge < -0.3 is 10.1 Å². The van der Waals surface area contributed by atoms with E-state index in [-0.39, 0.29) is 29.0 Å². The molecule has 0 aliphatic heterocycles. The average Bonchev–Trinajstić information content (AvgIpc) is 2.82. The summed E-state index contributed by atoms with van der Waals surface area (Å²) in [6.07, 6.45) is 6.71. The van der Waals surface area contributed by atoms with Crippen LogP contribution in [0.3, 0.4) is 0 Å². The molecule has 0 heterocycles. The highest BCUT2D eigenvalue weighted by molar-refractivity contribution is 7.91. The smallest absolute Gasteiger partial charge is 0.221 e. The fraction of sp³-hybridized carbons (Fsp3) is 0.588. The van der Waals surface area contributed by atoms with E-state index in [2.05, 4.69) is 5.32 Å². The fourth-order valence-electron chi connectivity index (χ4n) is 2.85. The number of rotatable bonds is 6. The minimum Gasteiger partial charge on any atom is -0.497 e. The van der Waals surface area contributed by atoms with Crippen molar-refractivity contribution in [1.82, 2.24) is 5.32 Å². The number of carbonyl (C=O) groups is 1. The Morgan fingerprint density at radius 3 is 2.30 bits per heavy atom. The van der Waals surface area contributed by atoms with Crippen LogP contribution in [0, 0.1) is 0 Å². The lowest BCUT2D eigenvalue weighted by Crippen LogP contribution is -2.35. The third-order valence-electron chi connectivity index (χ3n) is 4.24. The number of hydrogen-bond acceptors (Lipinski definition) is 4. The molecule has 1 amide bonds. The average molecular weight is 339 g/mol. The van der Waals surface area contributed by atoms with Crippen molar-refractivity contribution in [2.24, 2.45) is 0 Å². The molecule has 1 saturated carbocycles. The number of nitrogens with one attached hydrogen (secondary N) is 1. The summed E-state index contributed by atoms with van der Waals surface area (Å²) in [7, 11) is -1.92. The van der Waals surface area contributed by atoms with Crippen LogP contribution in [0.15, 0.2) is 29.2 Å². The van der Waals surface area contributed by atoms with Gasteiger partial charge in [0.15, 0.2) is 9.84 Å². The lowest BCUT2D eigenvalue weighted by Gasteiger charge is -2.16. The first-order valence-corrected chi connectivity index (χ1v) is 9.82. The Morgan fingerprint density at radius 1 is 1.13 bits per heavy atom. The Balaban J connectivity index is 1.86. The number of amides is 1.